The lowest BCUT2D eigenvalue weighted by molar-refractivity contribution is 0.175. The van der Waals surface area contributed by atoms with Gasteiger partial charge in [-0.1, -0.05) is 46.4 Å². The topological polar surface area (TPSA) is 6.48 Å². The Labute approximate surface area is 136 Å². The number of allylic oxidation sites excluding steroid dienone is 1. The summed E-state index contributed by atoms with van der Waals surface area (Å²) in [5.74, 6) is 0. The second kappa shape index (κ2) is 6.36. The fourth-order valence-corrected chi connectivity index (χ4v) is 3.51. The number of anilines is 1. The molecule has 1 aromatic carbocycles. The van der Waals surface area contributed by atoms with Crippen molar-refractivity contribution in [2.75, 3.05) is 18.0 Å². The number of hydrogen-bond donors (Lipinski definition) is 0. The van der Waals surface area contributed by atoms with Gasteiger partial charge < -0.3 is 9.80 Å². The van der Waals surface area contributed by atoms with Gasteiger partial charge in [-0.3, -0.25) is 0 Å². The van der Waals surface area contributed by atoms with E-state index in [1.807, 2.05) is 0 Å². The highest BCUT2D eigenvalue weighted by Crippen LogP contribution is 2.28. The number of hydrogen-bond acceptors (Lipinski definition) is 2. The largest absolute Gasteiger partial charge is 0.367 e. The maximum atomic E-state index is 4.24. The van der Waals surface area contributed by atoms with Gasteiger partial charge in [0.2, 0.25) is 0 Å². The normalized spacial score (nSPS) is 22.8. The van der Waals surface area contributed by atoms with Crippen LogP contribution in [-0.4, -0.2) is 30.1 Å². The van der Waals surface area contributed by atoms with Crippen LogP contribution in [0.4, 0.5) is 5.69 Å². The van der Waals surface area contributed by atoms with E-state index in [4.69, 9.17) is 0 Å². The summed E-state index contributed by atoms with van der Waals surface area (Å²) in [6.45, 7) is 20.0. The third-order valence-corrected chi connectivity index (χ3v) is 4.79. The summed E-state index contributed by atoms with van der Waals surface area (Å²) in [6.07, 6.45) is 1.04. The predicted octanol–water partition coefficient (Wildman–Crippen LogP) is 4.81. The first-order valence-corrected chi connectivity index (χ1v) is 8.55. The summed E-state index contributed by atoms with van der Waals surface area (Å²) < 4.78 is 0. The number of nitrogens with zero attached hydrogens (tertiary/aromatic N) is 2. The molecule has 0 radical (unpaired) electrons. The first kappa shape index (κ1) is 16.9. The van der Waals surface area contributed by atoms with Crippen molar-refractivity contribution in [3.63, 3.8) is 0 Å². The average molecular weight is 300 g/mol. The lowest BCUT2D eigenvalue weighted by Gasteiger charge is -2.47. The molecule has 2 heteroatoms. The molecule has 0 bridgehead atoms. The molecule has 0 spiro atoms. The fourth-order valence-electron chi connectivity index (χ4n) is 3.51. The van der Waals surface area contributed by atoms with E-state index in [2.05, 4.69) is 82.2 Å². The number of benzene rings is 1. The summed E-state index contributed by atoms with van der Waals surface area (Å²) in [7, 11) is 0. The molecule has 2 unspecified atom stereocenters. The molecular formula is C20H32N2. The van der Waals surface area contributed by atoms with Crippen LogP contribution in [0.5, 0.6) is 0 Å². The standard InChI is InChI=1S/C20H32N2/c1-8-15(2)22-16(3)13-21(14-17(22)4)19-11-9-18(10-12-19)20(5,6)7/h9-12,16-17H,2,8,13-14H2,1,3-7H3. The molecule has 1 heterocycles. The van der Waals surface area contributed by atoms with Gasteiger partial charge in [0.1, 0.15) is 0 Å². The Bertz CT molecular complexity index is 498. The van der Waals surface area contributed by atoms with Gasteiger partial charge >= 0.3 is 0 Å². The van der Waals surface area contributed by atoms with Crippen molar-refractivity contribution in [2.45, 2.75) is 65.5 Å². The van der Waals surface area contributed by atoms with Crippen LogP contribution in [0.2, 0.25) is 0 Å². The third kappa shape index (κ3) is 3.48. The minimum atomic E-state index is 0.219. The number of rotatable bonds is 3. The molecule has 1 aliphatic rings. The maximum absolute atomic E-state index is 4.24. The summed E-state index contributed by atoms with van der Waals surface area (Å²) in [5.41, 5.74) is 4.22. The zero-order valence-corrected chi connectivity index (χ0v) is 15.2. The van der Waals surface area contributed by atoms with Crippen molar-refractivity contribution in [1.82, 2.24) is 4.90 Å². The van der Waals surface area contributed by atoms with Gasteiger partial charge in [-0.05, 0) is 43.4 Å². The lowest BCUT2D eigenvalue weighted by Crippen LogP contribution is -2.56. The molecular weight excluding hydrogens is 268 g/mol. The SMILES string of the molecule is C=C(CC)N1C(C)CN(c2ccc(C(C)(C)C)cc2)CC1C. The second-order valence-electron chi connectivity index (χ2n) is 7.73. The van der Waals surface area contributed by atoms with E-state index >= 15 is 0 Å². The summed E-state index contributed by atoms with van der Waals surface area (Å²) in [4.78, 5) is 5.02. The highest BCUT2D eigenvalue weighted by Gasteiger charge is 2.29. The van der Waals surface area contributed by atoms with Gasteiger partial charge in [-0.2, -0.15) is 0 Å². The molecule has 1 saturated heterocycles. The molecule has 1 aromatic rings. The van der Waals surface area contributed by atoms with E-state index in [0.29, 0.717) is 12.1 Å². The van der Waals surface area contributed by atoms with Crippen LogP contribution in [-0.2, 0) is 5.41 Å². The molecule has 1 fully saturated rings. The Kier molecular flexibility index (Phi) is 4.89. The van der Waals surface area contributed by atoms with Crippen molar-refractivity contribution in [1.29, 1.82) is 0 Å². The Morgan fingerprint density at radius 3 is 2.00 bits per heavy atom. The van der Waals surface area contributed by atoms with E-state index in [-0.39, 0.29) is 5.41 Å². The average Bonchev–Trinajstić information content (AvgIpc) is 2.45. The minimum absolute atomic E-state index is 0.219. The minimum Gasteiger partial charge on any atom is -0.367 e. The molecule has 122 valence electrons. The fraction of sp³-hybridized carbons (Fsp3) is 0.600. The van der Waals surface area contributed by atoms with E-state index in [1.54, 1.807) is 0 Å². The van der Waals surface area contributed by atoms with Crippen LogP contribution in [0.3, 0.4) is 0 Å². The van der Waals surface area contributed by atoms with E-state index < -0.39 is 0 Å². The van der Waals surface area contributed by atoms with E-state index in [1.165, 1.54) is 16.9 Å². The molecule has 0 aromatic heterocycles. The monoisotopic (exact) mass is 300 g/mol. The molecule has 1 aliphatic heterocycles. The third-order valence-electron chi connectivity index (χ3n) is 4.79. The van der Waals surface area contributed by atoms with Crippen molar-refractivity contribution in [3.8, 4) is 0 Å². The molecule has 0 aliphatic carbocycles. The van der Waals surface area contributed by atoms with Gasteiger partial charge in [-0.25, -0.2) is 0 Å². The van der Waals surface area contributed by atoms with E-state index in [9.17, 15) is 0 Å². The summed E-state index contributed by atoms with van der Waals surface area (Å²) >= 11 is 0. The van der Waals surface area contributed by atoms with Gasteiger partial charge in [0.05, 0.1) is 0 Å². The second-order valence-corrected chi connectivity index (χ2v) is 7.73. The molecule has 22 heavy (non-hydrogen) atoms. The Balaban J connectivity index is 2.13. The molecule has 2 nitrogen and oxygen atoms in total. The van der Waals surface area contributed by atoms with Gasteiger partial charge in [0, 0.05) is 36.6 Å². The zero-order valence-electron chi connectivity index (χ0n) is 15.2. The highest BCUT2D eigenvalue weighted by atomic mass is 15.3. The Morgan fingerprint density at radius 1 is 1.09 bits per heavy atom. The van der Waals surface area contributed by atoms with Crippen LogP contribution >= 0.6 is 0 Å². The first-order chi connectivity index (χ1) is 10.2. The van der Waals surface area contributed by atoms with Gasteiger partial charge in [0.15, 0.2) is 0 Å². The maximum Gasteiger partial charge on any atom is 0.0437 e. The van der Waals surface area contributed by atoms with Crippen molar-refractivity contribution < 1.29 is 0 Å². The first-order valence-electron chi connectivity index (χ1n) is 8.55. The molecule has 2 rings (SSSR count). The quantitative estimate of drug-likeness (QED) is 0.790. The highest BCUT2D eigenvalue weighted by molar-refractivity contribution is 5.49. The molecule has 0 N–H and O–H groups in total. The van der Waals surface area contributed by atoms with Crippen molar-refractivity contribution in [3.05, 3.63) is 42.1 Å². The van der Waals surface area contributed by atoms with Crippen LogP contribution in [0.25, 0.3) is 0 Å². The van der Waals surface area contributed by atoms with Crippen LogP contribution in [0, 0.1) is 0 Å². The van der Waals surface area contributed by atoms with Gasteiger partial charge in [0.25, 0.3) is 0 Å². The molecule has 2 atom stereocenters. The molecule has 0 amide bonds. The van der Waals surface area contributed by atoms with Crippen LogP contribution in [0.15, 0.2) is 36.5 Å². The van der Waals surface area contributed by atoms with Crippen molar-refractivity contribution in [2.24, 2.45) is 0 Å². The summed E-state index contributed by atoms with van der Waals surface area (Å²) in [5, 5.41) is 0. The Morgan fingerprint density at radius 2 is 1.59 bits per heavy atom. The predicted molar refractivity (Wildman–Crippen MR) is 97.5 cm³/mol. The van der Waals surface area contributed by atoms with E-state index in [0.717, 1.165) is 19.5 Å². The smallest absolute Gasteiger partial charge is 0.0437 e. The van der Waals surface area contributed by atoms with Crippen LogP contribution < -0.4 is 4.90 Å². The zero-order chi connectivity index (χ0) is 16.5. The number of piperazine rings is 1. The lowest BCUT2D eigenvalue weighted by atomic mass is 9.87. The Hall–Kier alpha value is -1.44. The van der Waals surface area contributed by atoms with Crippen molar-refractivity contribution >= 4 is 5.69 Å². The molecule has 0 saturated carbocycles. The summed E-state index contributed by atoms with van der Waals surface area (Å²) in [6, 6.07) is 10.1. The van der Waals surface area contributed by atoms with Gasteiger partial charge in [-0.15, -0.1) is 0 Å². The van der Waals surface area contributed by atoms with Crippen LogP contribution in [0.1, 0.15) is 53.5 Å².